The maximum absolute atomic E-state index is 12.4. The standard InChI is InChI=1S/C20H22N2O4/c1-20(2,3)26-19(23)22-9-5-6-14(11-22)15-12-25-18-13(10-21)7-8-16(24-4)17(15)18/h6-8,12H,5,9,11H2,1-4H3. The Morgan fingerprint density at radius 2 is 2.12 bits per heavy atom. The third-order valence-corrected chi connectivity index (χ3v) is 4.17. The van der Waals surface area contributed by atoms with Crippen LogP contribution in [0, 0.1) is 11.3 Å². The highest BCUT2D eigenvalue weighted by atomic mass is 16.6. The number of furan rings is 1. The monoisotopic (exact) mass is 354 g/mol. The lowest BCUT2D eigenvalue weighted by molar-refractivity contribution is 0.0273. The Morgan fingerprint density at radius 3 is 2.77 bits per heavy atom. The summed E-state index contributed by atoms with van der Waals surface area (Å²) in [7, 11) is 1.58. The first kappa shape index (κ1) is 17.9. The molecule has 0 N–H and O–H groups in total. The molecule has 0 saturated carbocycles. The summed E-state index contributed by atoms with van der Waals surface area (Å²) in [5.74, 6) is 0.637. The molecule has 6 nitrogen and oxygen atoms in total. The number of nitrogens with zero attached hydrogens (tertiary/aromatic N) is 2. The lowest BCUT2D eigenvalue weighted by atomic mass is 9.99. The predicted molar refractivity (Wildman–Crippen MR) is 97.9 cm³/mol. The zero-order chi connectivity index (χ0) is 18.9. The summed E-state index contributed by atoms with van der Waals surface area (Å²) in [6.07, 6.45) is 4.10. The summed E-state index contributed by atoms with van der Waals surface area (Å²) in [5.41, 5.74) is 2.20. The molecule has 0 spiro atoms. The second-order valence-electron chi connectivity index (χ2n) is 7.20. The number of nitriles is 1. The maximum atomic E-state index is 12.4. The number of hydrogen-bond donors (Lipinski definition) is 0. The highest BCUT2D eigenvalue weighted by molar-refractivity contribution is 5.98. The summed E-state index contributed by atoms with van der Waals surface area (Å²) in [6.45, 7) is 6.58. The van der Waals surface area contributed by atoms with Crippen LogP contribution in [-0.4, -0.2) is 36.8 Å². The fourth-order valence-electron chi connectivity index (χ4n) is 3.03. The minimum absolute atomic E-state index is 0.333. The van der Waals surface area contributed by atoms with Gasteiger partial charge in [0.1, 0.15) is 17.4 Å². The molecule has 0 radical (unpaired) electrons. The number of methoxy groups -OCH3 is 1. The maximum Gasteiger partial charge on any atom is 0.410 e. The summed E-state index contributed by atoms with van der Waals surface area (Å²) < 4.78 is 16.6. The fourth-order valence-corrected chi connectivity index (χ4v) is 3.03. The molecule has 1 amide bonds. The molecule has 0 atom stereocenters. The van der Waals surface area contributed by atoms with Gasteiger partial charge in [-0.25, -0.2) is 4.79 Å². The van der Waals surface area contributed by atoms with E-state index in [-0.39, 0.29) is 6.09 Å². The normalized spacial score (nSPS) is 14.7. The van der Waals surface area contributed by atoms with Crippen molar-refractivity contribution in [2.24, 2.45) is 0 Å². The van der Waals surface area contributed by atoms with Crippen molar-refractivity contribution in [3.8, 4) is 11.8 Å². The molecular weight excluding hydrogens is 332 g/mol. The number of ether oxygens (including phenoxy) is 2. The molecule has 3 rings (SSSR count). The molecule has 1 aromatic heterocycles. The second kappa shape index (κ2) is 6.75. The smallest absolute Gasteiger partial charge is 0.410 e. The summed E-state index contributed by atoms with van der Waals surface area (Å²) in [5, 5.41) is 10.1. The molecular formula is C20H22N2O4. The summed E-state index contributed by atoms with van der Waals surface area (Å²) in [6, 6.07) is 5.57. The molecule has 1 aromatic carbocycles. The van der Waals surface area contributed by atoms with E-state index in [1.165, 1.54) is 0 Å². The van der Waals surface area contributed by atoms with Crippen molar-refractivity contribution in [1.82, 2.24) is 4.90 Å². The van der Waals surface area contributed by atoms with E-state index in [2.05, 4.69) is 12.1 Å². The lowest BCUT2D eigenvalue weighted by Crippen LogP contribution is -2.39. The molecule has 2 heterocycles. The average Bonchev–Trinajstić information content (AvgIpc) is 3.05. The van der Waals surface area contributed by atoms with Gasteiger partial charge < -0.3 is 18.8 Å². The van der Waals surface area contributed by atoms with Gasteiger partial charge in [-0.05, 0) is 44.9 Å². The van der Waals surface area contributed by atoms with Gasteiger partial charge in [0.15, 0.2) is 5.58 Å². The van der Waals surface area contributed by atoms with Crippen LogP contribution in [0.4, 0.5) is 4.79 Å². The van der Waals surface area contributed by atoms with Crippen LogP contribution in [0.1, 0.15) is 38.3 Å². The fraction of sp³-hybridized carbons (Fsp3) is 0.400. The van der Waals surface area contributed by atoms with Crippen molar-refractivity contribution in [3.63, 3.8) is 0 Å². The number of rotatable bonds is 2. The molecule has 1 aliphatic heterocycles. The van der Waals surface area contributed by atoms with Crippen molar-refractivity contribution < 1.29 is 18.7 Å². The van der Waals surface area contributed by atoms with Gasteiger partial charge in [-0.1, -0.05) is 6.08 Å². The average molecular weight is 354 g/mol. The van der Waals surface area contributed by atoms with Crippen LogP contribution < -0.4 is 4.74 Å². The van der Waals surface area contributed by atoms with E-state index in [0.717, 1.165) is 22.9 Å². The zero-order valence-corrected chi connectivity index (χ0v) is 15.5. The highest BCUT2D eigenvalue weighted by Gasteiger charge is 2.26. The Kier molecular flexibility index (Phi) is 4.64. The first-order valence-corrected chi connectivity index (χ1v) is 8.49. The third kappa shape index (κ3) is 3.38. The Bertz CT molecular complexity index is 912. The van der Waals surface area contributed by atoms with Gasteiger partial charge in [-0.15, -0.1) is 0 Å². The quantitative estimate of drug-likeness (QED) is 0.802. The van der Waals surface area contributed by atoms with Gasteiger partial charge >= 0.3 is 6.09 Å². The van der Waals surface area contributed by atoms with Crippen LogP contribution in [0.3, 0.4) is 0 Å². The van der Waals surface area contributed by atoms with Crippen LogP contribution >= 0.6 is 0 Å². The number of fused-ring (bicyclic) bond motifs is 1. The number of amides is 1. The molecule has 0 fully saturated rings. The Morgan fingerprint density at radius 1 is 1.35 bits per heavy atom. The molecule has 26 heavy (non-hydrogen) atoms. The van der Waals surface area contributed by atoms with Gasteiger partial charge in [-0.2, -0.15) is 5.26 Å². The molecule has 0 unspecified atom stereocenters. The van der Waals surface area contributed by atoms with E-state index in [0.29, 0.717) is 30.0 Å². The Balaban J connectivity index is 1.96. The van der Waals surface area contributed by atoms with Crippen molar-refractivity contribution in [2.45, 2.75) is 32.8 Å². The van der Waals surface area contributed by atoms with E-state index in [4.69, 9.17) is 13.9 Å². The van der Waals surface area contributed by atoms with Crippen molar-refractivity contribution in [1.29, 1.82) is 5.26 Å². The minimum atomic E-state index is -0.536. The van der Waals surface area contributed by atoms with Gasteiger partial charge in [0.25, 0.3) is 0 Å². The van der Waals surface area contributed by atoms with Crippen LogP contribution in [0.25, 0.3) is 16.5 Å². The van der Waals surface area contributed by atoms with E-state index in [1.54, 1.807) is 30.4 Å². The van der Waals surface area contributed by atoms with Crippen molar-refractivity contribution in [3.05, 3.63) is 35.6 Å². The molecule has 0 aliphatic carbocycles. The van der Waals surface area contributed by atoms with E-state index in [9.17, 15) is 10.1 Å². The second-order valence-corrected chi connectivity index (χ2v) is 7.20. The SMILES string of the molecule is COc1ccc(C#N)c2occ(C3=CCCN(C(=O)OC(C)(C)C)C3)c12. The van der Waals surface area contributed by atoms with Gasteiger partial charge in [0.05, 0.1) is 24.3 Å². The van der Waals surface area contributed by atoms with E-state index < -0.39 is 5.60 Å². The Labute approximate surface area is 152 Å². The summed E-state index contributed by atoms with van der Waals surface area (Å²) in [4.78, 5) is 14.1. The first-order valence-electron chi connectivity index (χ1n) is 8.49. The summed E-state index contributed by atoms with van der Waals surface area (Å²) >= 11 is 0. The van der Waals surface area contributed by atoms with Gasteiger partial charge in [0, 0.05) is 18.7 Å². The highest BCUT2D eigenvalue weighted by Crippen LogP contribution is 2.37. The van der Waals surface area contributed by atoms with Crippen LogP contribution in [0.2, 0.25) is 0 Å². The predicted octanol–water partition coefficient (Wildman–Crippen LogP) is 4.34. The third-order valence-electron chi connectivity index (χ3n) is 4.17. The number of carbonyl (C=O) groups is 1. The number of carbonyl (C=O) groups excluding carboxylic acids is 1. The topological polar surface area (TPSA) is 75.7 Å². The largest absolute Gasteiger partial charge is 0.496 e. The van der Waals surface area contributed by atoms with Gasteiger partial charge in [0.2, 0.25) is 0 Å². The zero-order valence-electron chi connectivity index (χ0n) is 15.5. The lowest BCUT2D eigenvalue weighted by Gasteiger charge is -2.30. The molecule has 1 aliphatic rings. The van der Waals surface area contributed by atoms with Crippen LogP contribution in [0.5, 0.6) is 5.75 Å². The van der Waals surface area contributed by atoms with Crippen LogP contribution in [-0.2, 0) is 4.74 Å². The number of hydrogen-bond acceptors (Lipinski definition) is 5. The van der Waals surface area contributed by atoms with Crippen LogP contribution in [0.15, 0.2) is 28.9 Å². The first-order chi connectivity index (χ1) is 12.3. The van der Waals surface area contributed by atoms with E-state index in [1.807, 2.05) is 20.8 Å². The molecule has 6 heteroatoms. The Hall–Kier alpha value is -2.94. The minimum Gasteiger partial charge on any atom is -0.496 e. The molecule has 0 saturated heterocycles. The number of benzene rings is 1. The molecule has 136 valence electrons. The molecule has 0 bridgehead atoms. The van der Waals surface area contributed by atoms with E-state index >= 15 is 0 Å². The van der Waals surface area contributed by atoms with Crippen molar-refractivity contribution in [2.75, 3.05) is 20.2 Å². The molecule has 2 aromatic rings. The van der Waals surface area contributed by atoms with Gasteiger partial charge in [-0.3, -0.25) is 0 Å². The van der Waals surface area contributed by atoms with Crippen molar-refractivity contribution >= 4 is 22.6 Å².